The van der Waals surface area contributed by atoms with Crippen LogP contribution in [-0.2, 0) is 11.2 Å². The molecular formula is C19H23NO. The van der Waals surface area contributed by atoms with Crippen LogP contribution in [0.5, 0.6) is 0 Å². The Balaban J connectivity index is 1.95. The molecule has 0 saturated carbocycles. The first-order chi connectivity index (χ1) is 10.4. The highest BCUT2D eigenvalue weighted by Crippen LogP contribution is 2.30. The van der Waals surface area contributed by atoms with Gasteiger partial charge in [0.2, 0.25) is 0 Å². The summed E-state index contributed by atoms with van der Waals surface area (Å²) >= 11 is 0. The largest absolute Gasteiger partial charge is 0.354 e. The van der Waals surface area contributed by atoms with E-state index in [9.17, 15) is 0 Å². The Kier molecular flexibility index (Phi) is 4.69. The van der Waals surface area contributed by atoms with Crippen LogP contribution in [-0.4, -0.2) is 12.8 Å². The summed E-state index contributed by atoms with van der Waals surface area (Å²) < 4.78 is 6.16. The Bertz CT molecular complexity index is 567. The molecule has 2 heteroatoms. The van der Waals surface area contributed by atoms with E-state index in [4.69, 9.17) is 4.74 Å². The number of nitrogens with one attached hydrogen (secondary N) is 1. The van der Waals surface area contributed by atoms with E-state index in [1.54, 1.807) is 0 Å². The summed E-state index contributed by atoms with van der Waals surface area (Å²) in [6.45, 7) is 2.85. The standard InChI is InChI=1S/C19H23NO/c1-2-8-17-13-16-11-6-7-12-18(16)19(21-14-20-17)15-9-4-3-5-10-15/h3-7,9-12,17,19-20H,2,8,13-14H2,1H3. The van der Waals surface area contributed by atoms with Gasteiger partial charge in [-0.1, -0.05) is 67.9 Å². The van der Waals surface area contributed by atoms with Crippen molar-refractivity contribution in [1.82, 2.24) is 5.32 Å². The van der Waals surface area contributed by atoms with Gasteiger partial charge in [0.05, 0.1) is 6.73 Å². The molecule has 0 bridgehead atoms. The highest BCUT2D eigenvalue weighted by atomic mass is 16.5. The van der Waals surface area contributed by atoms with Gasteiger partial charge in [-0.3, -0.25) is 5.32 Å². The SMILES string of the molecule is CCCC1Cc2ccccc2C(c2ccccc2)OCN1. The topological polar surface area (TPSA) is 21.3 Å². The van der Waals surface area contributed by atoms with Crippen molar-refractivity contribution in [2.24, 2.45) is 0 Å². The van der Waals surface area contributed by atoms with Crippen LogP contribution in [0.25, 0.3) is 0 Å². The second-order valence-electron chi connectivity index (χ2n) is 5.69. The van der Waals surface area contributed by atoms with Crippen LogP contribution in [0.1, 0.15) is 42.6 Å². The van der Waals surface area contributed by atoms with E-state index >= 15 is 0 Å². The molecule has 3 rings (SSSR count). The fourth-order valence-electron chi connectivity index (χ4n) is 3.11. The Hall–Kier alpha value is -1.64. The monoisotopic (exact) mass is 281 g/mol. The maximum Gasteiger partial charge on any atom is 0.110 e. The predicted octanol–water partition coefficient (Wildman–Crippen LogP) is 4.06. The van der Waals surface area contributed by atoms with Crippen LogP contribution in [0, 0.1) is 0 Å². The van der Waals surface area contributed by atoms with E-state index in [0.717, 1.165) is 6.42 Å². The molecule has 0 spiro atoms. The minimum atomic E-state index is 0.0254. The van der Waals surface area contributed by atoms with Crippen molar-refractivity contribution in [3.8, 4) is 0 Å². The zero-order valence-electron chi connectivity index (χ0n) is 12.6. The van der Waals surface area contributed by atoms with Gasteiger partial charge in [-0.25, -0.2) is 0 Å². The van der Waals surface area contributed by atoms with Crippen molar-refractivity contribution < 1.29 is 4.74 Å². The van der Waals surface area contributed by atoms with Crippen molar-refractivity contribution >= 4 is 0 Å². The smallest absolute Gasteiger partial charge is 0.110 e. The molecule has 1 aliphatic heterocycles. The lowest BCUT2D eigenvalue weighted by atomic mass is 9.91. The second kappa shape index (κ2) is 6.88. The van der Waals surface area contributed by atoms with E-state index in [2.05, 4.69) is 60.8 Å². The van der Waals surface area contributed by atoms with Gasteiger partial charge in [-0.05, 0) is 29.5 Å². The van der Waals surface area contributed by atoms with E-state index < -0.39 is 0 Å². The van der Waals surface area contributed by atoms with Gasteiger partial charge in [0.25, 0.3) is 0 Å². The fourth-order valence-corrected chi connectivity index (χ4v) is 3.11. The maximum absolute atomic E-state index is 6.16. The lowest BCUT2D eigenvalue weighted by Crippen LogP contribution is -2.36. The average Bonchev–Trinajstić information content (AvgIpc) is 2.51. The molecule has 0 aliphatic carbocycles. The Morgan fingerprint density at radius 3 is 2.62 bits per heavy atom. The van der Waals surface area contributed by atoms with Crippen LogP contribution in [0.2, 0.25) is 0 Å². The minimum Gasteiger partial charge on any atom is -0.354 e. The highest BCUT2D eigenvalue weighted by molar-refractivity contribution is 5.37. The van der Waals surface area contributed by atoms with Crippen molar-refractivity contribution in [3.63, 3.8) is 0 Å². The third-order valence-electron chi connectivity index (χ3n) is 4.17. The van der Waals surface area contributed by atoms with Crippen molar-refractivity contribution in [2.75, 3.05) is 6.73 Å². The van der Waals surface area contributed by atoms with Crippen LogP contribution in [0.15, 0.2) is 54.6 Å². The molecule has 110 valence electrons. The number of fused-ring (bicyclic) bond motifs is 1. The number of benzene rings is 2. The summed E-state index contributed by atoms with van der Waals surface area (Å²) in [5.74, 6) is 0. The van der Waals surface area contributed by atoms with Gasteiger partial charge in [0.1, 0.15) is 6.10 Å². The predicted molar refractivity (Wildman–Crippen MR) is 86.2 cm³/mol. The average molecular weight is 281 g/mol. The Labute approximate surface area is 127 Å². The lowest BCUT2D eigenvalue weighted by molar-refractivity contribution is 0.0531. The molecule has 2 nitrogen and oxygen atoms in total. The van der Waals surface area contributed by atoms with Crippen LogP contribution < -0.4 is 5.32 Å². The van der Waals surface area contributed by atoms with Gasteiger partial charge < -0.3 is 4.74 Å². The quantitative estimate of drug-likeness (QED) is 0.916. The molecule has 0 fully saturated rings. The molecule has 2 aromatic rings. The van der Waals surface area contributed by atoms with Crippen LogP contribution in [0.3, 0.4) is 0 Å². The molecule has 0 radical (unpaired) electrons. The molecule has 1 aliphatic rings. The summed E-state index contributed by atoms with van der Waals surface area (Å²) in [7, 11) is 0. The normalized spacial score (nSPS) is 22.1. The molecule has 21 heavy (non-hydrogen) atoms. The molecule has 0 saturated heterocycles. The number of rotatable bonds is 3. The number of hydrogen-bond acceptors (Lipinski definition) is 2. The molecular weight excluding hydrogens is 258 g/mol. The summed E-state index contributed by atoms with van der Waals surface area (Å²) in [4.78, 5) is 0. The van der Waals surface area contributed by atoms with Crippen molar-refractivity contribution in [1.29, 1.82) is 0 Å². The first-order valence-electron chi connectivity index (χ1n) is 7.86. The Morgan fingerprint density at radius 2 is 1.81 bits per heavy atom. The number of ether oxygens (including phenoxy) is 1. The van der Waals surface area contributed by atoms with Crippen LogP contribution >= 0.6 is 0 Å². The molecule has 1 N–H and O–H groups in total. The van der Waals surface area contributed by atoms with Gasteiger partial charge in [0.15, 0.2) is 0 Å². The fraction of sp³-hybridized carbons (Fsp3) is 0.368. The van der Waals surface area contributed by atoms with Crippen molar-refractivity contribution in [3.05, 3.63) is 71.3 Å². The third-order valence-corrected chi connectivity index (χ3v) is 4.17. The zero-order chi connectivity index (χ0) is 14.5. The maximum atomic E-state index is 6.16. The third kappa shape index (κ3) is 3.34. The molecule has 0 amide bonds. The zero-order valence-corrected chi connectivity index (χ0v) is 12.6. The van der Waals surface area contributed by atoms with Crippen molar-refractivity contribution in [2.45, 2.75) is 38.3 Å². The highest BCUT2D eigenvalue weighted by Gasteiger charge is 2.22. The van der Waals surface area contributed by atoms with E-state index in [-0.39, 0.29) is 6.10 Å². The summed E-state index contributed by atoms with van der Waals surface area (Å²) in [6.07, 6.45) is 3.49. The van der Waals surface area contributed by atoms with Crippen LogP contribution in [0.4, 0.5) is 0 Å². The van der Waals surface area contributed by atoms with E-state index in [0.29, 0.717) is 12.8 Å². The van der Waals surface area contributed by atoms with Gasteiger partial charge in [-0.2, -0.15) is 0 Å². The molecule has 1 heterocycles. The number of hydrogen-bond donors (Lipinski definition) is 1. The second-order valence-corrected chi connectivity index (χ2v) is 5.69. The summed E-state index contributed by atoms with van der Waals surface area (Å²) in [5.41, 5.74) is 3.93. The molecule has 2 aromatic carbocycles. The lowest BCUT2D eigenvalue weighted by Gasteiger charge is -2.29. The molecule has 2 atom stereocenters. The molecule has 2 unspecified atom stereocenters. The minimum absolute atomic E-state index is 0.0254. The van der Waals surface area contributed by atoms with Gasteiger partial charge in [0, 0.05) is 6.04 Å². The van der Waals surface area contributed by atoms with Gasteiger partial charge in [-0.15, -0.1) is 0 Å². The van der Waals surface area contributed by atoms with E-state index in [1.807, 2.05) is 6.07 Å². The first kappa shape index (κ1) is 14.3. The van der Waals surface area contributed by atoms with E-state index in [1.165, 1.54) is 29.5 Å². The summed E-state index contributed by atoms with van der Waals surface area (Å²) in [6, 6.07) is 19.7. The Morgan fingerprint density at radius 1 is 1.05 bits per heavy atom. The van der Waals surface area contributed by atoms with Gasteiger partial charge >= 0.3 is 0 Å². The first-order valence-corrected chi connectivity index (χ1v) is 7.86. The summed E-state index contributed by atoms with van der Waals surface area (Å²) in [5, 5.41) is 3.54. The molecule has 0 aromatic heterocycles.